The average Bonchev–Trinajstić information content (AvgIpc) is 3.22. The Kier molecular flexibility index (Phi) is 4.85. The highest BCUT2D eigenvalue weighted by Crippen LogP contribution is 2.34. The monoisotopic (exact) mass is 345 g/mol. The van der Waals surface area contributed by atoms with Crippen LogP contribution >= 0.6 is 23.7 Å². The van der Waals surface area contributed by atoms with Crippen LogP contribution in [-0.2, 0) is 13.0 Å². The molecule has 3 heterocycles. The summed E-state index contributed by atoms with van der Waals surface area (Å²) in [4.78, 5) is 4.13. The molecule has 1 atom stereocenters. The van der Waals surface area contributed by atoms with Crippen molar-refractivity contribution in [2.45, 2.75) is 25.9 Å². The van der Waals surface area contributed by atoms with Gasteiger partial charge in [0.05, 0.1) is 5.69 Å². The third kappa shape index (κ3) is 3.07. The highest BCUT2D eigenvalue weighted by molar-refractivity contribution is 7.10. The molecule has 0 radical (unpaired) electrons. The van der Waals surface area contributed by atoms with Gasteiger partial charge in [-0.25, -0.2) is 4.68 Å². The molecule has 5 heteroatoms. The number of halogens is 1. The van der Waals surface area contributed by atoms with E-state index in [1.54, 1.807) is 4.88 Å². The second kappa shape index (κ2) is 6.87. The molecule has 0 spiro atoms. The normalized spacial score (nSPS) is 17.5. The fourth-order valence-corrected chi connectivity index (χ4v) is 4.24. The average molecular weight is 346 g/mol. The van der Waals surface area contributed by atoms with Crippen LogP contribution in [0.15, 0.2) is 54.2 Å². The Labute approximate surface area is 147 Å². The maximum atomic E-state index is 4.39. The van der Waals surface area contributed by atoms with Gasteiger partial charge in [-0.2, -0.15) is 5.10 Å². The number of hydrogen-bond donors (Lipinski definition) is 0. The predicted octanol–water partition coefficient (Wildman–Crippen LogP) is 4.47. The molecule has 0 aliphatic carbocycles. The van der Waals surface area contributed by atoms with E-state index in [4.69, 9.17) is 0 Å². The largest absolute Gasteiger partial charge is 0.292 e. The lowest BCUT2D eigenvalue weighted by molar-refractivity contribution is 0.191. The van der Waals surface area contributed by atoms with Crippen LogP contribution in [0.1, 0.15) is 29.0 Å². The molecule has 3 aromatic rings. The Morgan fingerprint density at radius 3 is 2.91 bits per heavy atom. The van der Waals surface area contributed by atoms with Gasteiger partial charge in [0.2, 0.25) is 0 Å². The lowest BCUT2D eigenvalue weighted by Gasteiger charge is -2.34. The maximum Gasteiger partial charge on any atom is 0.0690 e. The molecule has 0 bridgehead atoms. The minimum Gasteiger partial charge on any atom is -0.292 e. The zero-order valence-corrected chi connectivity index (χ0v) is 14.7. The summed E-state index contributed by atoms with van der Waals surface area (Å²) in [6.07, 6.45) is 5.01. The number of hydrogen-bond acceptors (Lipinski definition) is 3. The minimum absolute atomic E-state index is 0. The van der Waals surface area contributed by atoms with Crippen LogP contribution in [0.25, 0.3) is 5.69 Å². The fraction of sp³-hybridized carbons (Fsp3) is 0.278. The molecule has 0 saturated heterocycles. The van der Waals surface area contributed by atoms with Crippen molar-refractivity contribution in [3.05, 3.63) is 70.2 Å². The smallest absolute Gasteiger partial charge is 0.0690 e. The van der Waals surface area contributed by atoms with Crippen molar-refractivity contribution >= 4 is 23.7 Å². The molecule has 1 aromatic carbocycles. The fourth-order valence-electron chi connectivity index (χ4n) is 3.28. The van der Waals surface area contributed by atoms with Crippen molar-refractivity contribution in [1.82, 2.24) is 14.7 Å². The summed E-state index contributed by atoms with van der Waals surface area (Å²) in [5, 5.41) is 6.61. The molecule has 1 unspecified atom stereocenters. The van der Waals surface area contributed by atoms with E-state index < -0.39 is 0 Å². The highest BCUT2D eigenvalue weighted by atomic mass is 35.5. The van der Waals surface area contributed by atoms with Gasteiger partial charge in [0.25, 0.3) is 0 Å². The molecular weight excluding hydrogens is 326 g/mol. The number of thiophene rings is 1. The number of para-hydroxylation sites is 1. The molecule has 120 valence electrons. The summed E-state index contributed by atoms with van der Waals surface area (Å²) in [5.41, 5.74) is 4.01. The van der Waals surface area contributed by atoms with E-state index in [-0.39, 0.29) is 12.4 Å². The third-order valence-corrected chi connectivity index (χ3v) is 5.52. The molecule has 0 saturated carbocycles. The molecule has 0 N–H and O–H groups in total. The molecule has 0 fully saturated rings. The summed E-state index contributed by atoms with van der Waals surface area (Å²) in [7, 11) is 0. The van der Waals surface area contributed by atoms with E-state index in [0.29, 0.717) is 6.04 Å². The summed E-state index contributed by atoms with van der Waals surface area (Å²) >= 11 is 1.90. The third-order valence-electron chi connectivity index (χ3n) is 4.52. The van der Waals surface area contributed by atoms with Gasteiger partial charge in [-0.1, -0.05) is 18.2 Å². The van der Waals surface area contributed by atoms with Crippen molar-refractivity contribution in [3.8, 4) is 5.69 Å². The first-order chi connectivity index (χ1) is 10.8. The second-order valence-corrected chi connectivity index (χ2v) is 6.78. The Balaban J connectivity index is 0.00000156. The van der Waals surface area contributed by atoms with Crippen LogP contribution in [0, 0.1) is 0 Å². The molecular formula is C18H20ClN3S. The van der Waals surface area contributed by atoms with Crippen LogP contribution in [0.5, 0.6) is 0 Å². The van der Waals surface area contributed by atoms with E-state index in [0.717, 1.165) is 13.1 Å². The molecule has 2 aromatic heterocycles. The van der Waals surface area contributed by atoms with Crippen LogP contribution in [0.3, 0.4) is 0 Å². The quantitative estimate of drug-likeness (QED) is 0.698. The van der Waals surface area contributed by atoms with Crippen LogP contribution in [-0.4, -0.2) is 21.2 Å². The lowest BCUT2D eigenvalue weighted by atomic mass is 10.0. The van der Waals surface area contributed by atoms with Crippen molar-refractivity contribution in [3.63, 3.8) is 0 Å². The van der Waals surface area contributed by atoms with Gasteiger partial charge in [0, 0.05) is 36.4 Å². The first kappa shape index (κ1) is 16.2. The van der Waals surface area contributed by atoms with Crippen LogP contribution in [0.4, 0.5) is 0 Å². The molecule has 3 nitrogen and oxygen atoms in total. The molecule has 0 amide bonds. The number of benzene rings is 1. The van der Waals surface area contributed by atoms with E-state index in [2.05, 4.69) is 52.6 Å². The Morgan fingerprint density at radius 1 is 1.22 bits per heavy atom. The second-order valence-electron chi connectivity index (χ2n) is 5.77. The Morgan fingerprint density at radius 2 is 2.09 bits per heavy atom. The highest BCUT2D eigenvalue weighted by Gasteiger charge is 2.25. The van der Waals surface area contributed by atoms with Gasteiger partial charge in [-0.3, -0.25) is 4.90 Å². The van der Waals surface area contributed by atoms with E-state index >= 15 is 0 Å². The summed E-state index contributed by atoms with van der Waals surface area (Å²) < 4.78 is 1.96. The van der Waals surface area contributed by atoms with E-state index in [9.17, 15) is 0 Å². The van der Waals surface area contributed by atoms with Crippen LogP contribution < -0.4 is 0 Å². The number of nitrogens with zero attached hydrogens (tertiary/aromatic N) is 3. The van der Waals surface area contributed by atoms with Crippen LogP contribution in [0.2, 0.25) is 0 Å². The van der Waals surface area contributed by atoms with Crippen molar-refractivity contribution in [2.75, 3.05) is 6.54 Å². The molecule has 1 aliphatic rings. The summed E-state index contributed by atoms with van der Waals surface area (Å²) in [6.45, 7) is 4.41. The van der Waals surface area contributed by atoms with Gasteiger partial charge < -0.3 is 0 Å². The Hall–Kier alpha value is -1.62. The Bertz CT molecular complexity index is 766. The van der Waals surface area contributed by atoms with Gasteiger partial charge in [-0.15, -0.1) is 23.7 Å². The zero-order chi connectivity index (χ0) is 14.9. The zero-order valence-electron chi connectivity index (χ0n) is 13.1. The standard InChI is InChI=1S/C18H19N3S.ClH/c1-14-16-8-12-22-18(16)7-11-20(14)13-15-5-2-3-6-17(15)21-10-4-9-19-21;/h2-6,8-10,12,14H,7,11,13H2,1H3;1H. The molecule has 4 rings (SSSR count). The van der Waals surface area contributed by atoms with Gasteiger partial charge in [0.1, 0.15) is 0 Å². The number of rotatable bonds is 3. The summed E-state index contributed by atoms with van der Waals surface area (Å²) in [6, 6.07) is 13.3. The van der Waals surface area contributed by atoms with E-state index in [1.165, 1.54) is 23.2 Å². The number of aromatic nitrogens is 2. The summed E-state index contributed by atoms with van der Waals surface area (Å²) in [5.74, 6) is 0. The lowest BCUT2D eigenvalue weighted by Crippen LogP contribution is -2.33. The van der Waals surface area contributed by atoms with Crippen molar-refractivity contribution < 1.29 is 0 Å². The number of fused-ring (bicyclic) bond motifs is 1. The first-order valence-corrected chi connectivity index (χ1v) is 8.59. The van der Waals surface area contributed by atoms with Crippen molar-refractivity contribution in [1.29, 1.82) is 0 Å². The topological polar surface area (TPSA) is 21.1 Å². The van der Waals surface area contributed by atoms with Gasteiger partial charge in [-0.05, 0) is 48.1 Å². The SMILES string of the molecule is CC1c2ccsc2CCN1Cc1ccccc1-n1cccn1.Cl. The predicted molar refractivity (Wildman–Crippen MR) is 97.7 cm³/mol. The van der Waals surface area contributed by atoms with Gasteiger partial charge >= 0.3 is 0 Å². The first-order valence-electron chi connectivity index (χ1n) is 7.71. The molecule has 1 aliphatic heterocycles. The van der Waals surface area contributed by atoms with Gasteiger partial charge in [0.15, 0.2) is 0 Å². The molecule has 23 heavy (non-hydrogen) atoms. The van der Waals surface area contributed by atoms with Crippen molar-refractivity contribution in [2.24, 2.45) is 0 Å². The maximum absolute atomic E-state index is 4.39. The van der Waals surface area contributed by atoms with E-state index in [1.807, 2.05) is 34.5 Å². The minimum atomic E-state index is 0.